The van der Waals surface area contributed by atoms with Crippen LogP contribution in [-0.4, -0.2) is 0 Å². The fraction of sp³-hybridized carbons (Fsp3) is 0.0345. The number of hydrogen-bond donors (Lipinski definition) is 1. The van der Waals surface area contributed by atoms with Crippen LogP contribution in [0.4, 0.5) is 0 Å². The summed E-state index contributed by atoms with van der Waals surface area (Å²) in [5.74, 6) is 0. The molecule has 4 rings (SSSR count). The number of nitriles is 2. The van der Waals surface area contributed by atoms with Crippen molar-refractivity contribution in [3.05, 3.63) is 140 Å². The van der Waals surface area contributed by atoms with E-state index >= 15 is 0 Å². The van der Waals surface area contributed by atoms with Crippen molar-refractivity contribution in [3.8, 4) is 12.4 Å². The van der Waals surface area contributed by atoms with Gasteiger partial charge in [0.15, 0.2) is 12.4 Å². The van der Waals surface area contributed by atoms with Crippen LogP contribution in [0, 0.1) is 22.9 Å². The van der Waals surface area contributed by atoms with Gasteiger partial charge in [0, 0.05) is 0 Å². The summed E-state index contributed by atoms with van der Waals surface area (Å²) in [5, 5.41) is 20.9. The summed E-state index contributed by atoms with van der Waals surface area (Å²) in [7, 11) is -2.41. The number of nitrogens with one attached hydrogen (secondary N) is 1. The molecule has 0 spiro atoms. The van der Waals surface area contributed by atoms with Gasteiger partial charge >= 0.3 is 168 Å². The van der Waals surface area contributed by atoms with E-state index in [1.807, 2.05) is 0 Å². The van der Waals surface area contributed by atoms with Crippen molar-refractivity contribution in [2.24, 2.45) is 0 Å². The molecule has 33 heavy (non-hydrogen) atoms. The van der Waals surface area contributed by atoms with Gasteiger partial charge in [-0.1, -0.05) is 0 Å². The third-order valence-electron chi connectivity index (χ3n) is 5.66. The molecule has 0 saturated heterocycles. The molecule has 0 aliphatic rings. The first-order chi connectivity index (χ1) is 16.3. The van der Waals surface area contributed by atoms with Gasteiger partial charge in [-0.25, -0.2) is 5.32 Å². The average Bonchev–Trinajstić information content (AvgIpc) is 2.90. The molecule has 0 bridgehead atoms. The van der Waals surface area contributed by atoms with Gasteiger partial charge in [-0.15, -0.1) is 0 Å². The van der Waals surface area contributed by atoms with Crippen LogP contribution in [0.15, 0.2) is 134 Å². The second kappa shape index (κ2) is 12.0. The van der Waals surface area contributed by atoms with Gasteiger partial charge in [0.2, 0.25) is 0 Å². The van der Waals surface area contributed by atoms with Crippen molar-refractivity contribution in [1.82, 2.24) is 5.32 Å². The molecule has 0 saturated carbocycles. The maximum Gasteiger partial charge on any atom is 0.190 e. The summed E-state index contributed by atoms with van der Waals surface area (Å²) in [6.45, 7) is 4.31. The van der Waals surface area contributed by atoms with Gasteiger partial charge in [0.25, 0.3) is 0 Å². The number of hydrogen-bond acceptors (Lipinski definition) is 3. The van der Waals surface area contributed by atoms with E-state index in [0.717, 1.165) is 0 Å². The quantitative estimate of drug-likeness (QED) is 0.192. The fourth-order valence-corrected chi connectivity index (χ4v) is 9.67. The van der Waals surface area contributed by atoms with Gasteiger partial charge in [-0.2, -0.15) is 10.5 Å². The van der Waals surface area contributed by atoms with E-state index in [-0.39, 0.29) is 5.66 Å². The standard InChI is InChI=1S/C27H25P.C2HN3/c1-2-27(23-15-7-3-8-16-23)28(24-17-9-4-10-18-24,25-19-11-5-12-20-25)26-21-13-6-14-22-26;3-1-5-2-4/h2-22,27-28H,1H2;5H. The number of rotatable bonds is 6. The first-order valence-corrected chi connectivity index (χ1v) is 12.7. The minimum Gasteiger partial charge on any atom is -0.229 e. The Balaban J connectivity index is 0.000000555. The third kappa shape index (κ3) is 5.19. The minimum absolute atomic E-state index is 0.223. The molecule has 0 radical (unpaired) electrons. The monoisotopic (exact) mass is 447 g/mol. The number of allylic oxidation sites excluding steroid dienone is 1. The van der Waals surface area contributed by atoms with Crippen molar-refractivity contribution in [1.29, 1.82) is 10.5 Å². The molecule has 1 unspecified atom stereocenters. The van der Waals surface area contributed by atoms with Gasteiger partial charge in [-0.05, 0) is 0 Å². The number of nitrogens with zero attached hydrogens (tertiary/aromatic N) is 2. The van der Waals surface area contributed by atoms with Crippen LogP contribution >= 0.6 is 7.26 Å². The Bertz CT molecular complexity index is 1100. The Morgan fingerprint density at radius 3 is 1.21 bits per heavy atom. The van der Waals surface area contributed by atoms with E-state index in [1.54, 1.807) is 5.32 Å². The van der Waals surface area contributed by atoms with Crippen molar-refractivity contribution in [2.45, 2.75) is 5.66 Å². The van der Waals surface area contributed by atoms with Crippen LogP contribution in [0.25, 0.3) is 0 Å². The SMILES string of the molecule is C=CC(c1ccccc1)[PH](c1ccccc1)(c1ccccc1)c1ccccc1.N#CNC#N. The van der Waals surface area contributed by atoms with E-state index in [9.17, 15) is 0 Å². The Morgan fingerprint density at radius 2 is 0.939 bits per heavy atom. The molecule has 0 aromatic heterocycles. The van der Waals surface area contributed by atoms with Crippen molar-refractivity contribution >= 4 is 23.2 Å². The molecule has 4 aromatic rings. The number of benzene rings is 4. The molecular weight excluding hydrogens is 421 g/mol. The maximum absolute atomic E-state index is 7.48. The molecule has 1 atom stereocenters. The van der Waals surface area contributed by atoms with Crippen molar-refractivity contribution in [2.75, 3.05) is 0 Å². The van der Waals surface area contributed by atoms with Crippen LogP contribution in [0.5, 0.6) is 0 Å². The van der Waals surface area contributed by atoms with Crippen LogP contribution in [-0.2, 0) is 0 Å². The summed E-state index contributed by atoms with van der Waals surface area (Å²) < 4.78 is 0. The molecule has 0 heterocycles. The molecule has 3 nitrogen and oxygen atoms in total. The molecule has 1 N–H and O–H groups in total. The predicted molar refractivity (Wildman–Crippen MR) is 140 cm³/mol. The molecule has 0 amide bonds. The molecule has 0 fully saturated rings. The smallest absolute Gasteiger partial charge is 0.190 e. The summed E-state index contributed by atoms with van der Waals surface area (Å²) in [6, 6.07) is 43.9. The molecule has 0 aliphatic carbocycles. The summed E-state index contributed by atoms with van der Waals surface area (Å²) in [5.41, 5.74) is 1.54. The first kappa shape index (κ1) is 23.5. The molecule has 4 aromatic carbocycles. The van der Waals surface area contributed by atoms with Crippen molar-refractivity contribution < 1.29 is 0 Å². The third-order valence-corrected chi connectivity index (χ3v) is 10.9. The summed E-state index contributed by atoms with van der Waals surface area (Å²) in [6.07, 6.45) is 4.97. The molecule has 162 valence electrons. The van der Waals surface area contributed by atoms with Crippen LogP contribution in [0.3, 0.4) is 0 Å². The van der Waals surface area contributed by atoms with Gasteiger partial charge in [0.1, 0.15) is 0 Å². The first-order valence-electron chi connectivity index (χ1n) is 10.7. The van der Waals surface area contributed by atoms with Gasteiger partial charge in [-0.3, -0.25) is 0 Å². The molecule has 0 aliphatic heterocycles. The summed E-state index contributed by atoms with van der Waals surface area (Å²) >= 11 is 0. The van der Waals surface area contributed by atoms with Crippen LogP contribution < -0.4 is 21.2 Å². The van der Waals surface area contributed by atoms with E-state index < -0.39 is 7.26 Å². The molecular formula is C29H26N3P. The summed E-state index contributed by atoms with van der Waals surface area (Å²) in [4.78, 5) is 0. The average molecular weight is 448 g/mol. The fourth-order valence-electron chi connectivity index (χ4n) is 4.39. The second-order valence-electron chi connectivity index (χ2n) is 7.38. The largest absolute Gasteiger partial charge is 0.229 e. The predicted octanol–water partition coefficient (Wildman–Crippen LogP) is 5.18. The topological polar surface area (TPSA) is 59.6 Å². The molecule has 4 heteroatoms. The zero-order valence-electron chi connectivity index (χ0n) is 18.3. The van der Waals surface area contributed by atoms with E-state index in [0.29, 0.717) is 0 Å². The Kier molecular flexibility index (Phi) is 8.55. The Hall–Kier alpha value is -4.17. The second-order valence-corrected chi connectivity index (χ2v) is 11.3. The Labute approximate surface area is 196 Å². The van der Waals surface area contributed by atoms with E-state index in [4.69, 9.17) is 10.5 Å². The van der Waals surface area contributed by atoms with Crippen LogP contribution in [0.1, 0.15) is 11.2 Å². The Morgan fingerprint density at radius 1 is 0.606 bits per heavy atom. The maximum atomic E-state index is 7.48. The van der Waals surface area contributed by atoms with Gasteiger partial charge < -0.3 is 0 Å². The van der Waals surface area contributed by atoms with Crippen molar-refractivity contribution in [3.63, 3.8) is 0 Å². The zero-order valence-corrected chi connectivity index (χ0v) is 19.3. The zero-order chi connectivity index (χ0) is 23.4. The minimum atomic E-state index is -2.41. The normalized spacial score (nSPS) is 11.5. The van der Waals surface area contributed by atoms with Crippen LogP contribution in [0.2, 0.25) is 0 Å². The van der Waals surface area contributed by atoms with E-state index in [1.165, 1.54) is 33.9 Å². The van der Waals surface area contributed by atoms with Gasteiger partial charge in [0.05, 0.1) is 0 Å². The van der Waals surface area contributed by atoms with E-state index in [2.05, 4.69) is 134 Å².